The third-order valence-electron chi connectivity index (χ3n) is 3.39. The van der Waals surface area contributed by atoms with Crippen molar-refractivity contribution in [2.24, 2.45) is 5.92 Å². The number of methoxy groups -OCH3 is 1. The zero-order valence-electron chi connectivity index (χ0n) is 12.5. The predicted molar refractivity (Wildman–Crippen MR) is 80.5 cm³/mol. The van der Waals surface area contributed by atoms with Crippen LogP contribution in [-0.2, 0) is 9.53 Å². The first-order valence-corrected chi connectivity index (χ1v) is 7.40. The van der Waals surface area contributed by atoms with Crippen LogP contribution in [0, 0.1) is 5.92 Å². The normalized spacial score (nSPS) is 16.1. The number of nitrogens with one attached hydrogen (secondary N) is 1. The Hall–Kier alpha value is -1.63. The van der Waals surface area contributed by atoms with E-state index in [9.17, 15) is 4.79 Å². The van der Waals surface area contributed by atoms with Gasteiger partial charge < -0.3 is 15.0 Å². The summed E-state index contributed by atoms with van der Waals surface area (Å²) in [6.07, 6.45) is 2.23. The summed E-state index contributed by atoms with van der Waals surface area (Å²) in [5.41, 5.74) is 0. The average Bonchev–Trinajstić information content (AvgIpc) is 2.97. The number of ether oxygens (including phenoxy) is 1. The Morgan fingerprint density at radius 3 is 2.52 bits per heavy atom. The van der Waals surface area contributed by atoms with Crippen LogP contribution in [0.25, 0.3) is 0 Å². The molecule has 1 atom stereocenters. The van der Waals surface area contributed by atoms with Crippen molar-refractivity contribution in [3.63, 3.8) is 0 Å². The van der Waals surface area contributed by atoms with E-state index in [2.05, 4.69) is 25.2 Å². The molecule has 116 valence electrons. The molecular weight excluding hydrogens is 294 g/mol. The number of carbonyl (C=O) groups excluding carboxylic acids is 1. The Morgan fingerprint density at radius 1 is 1.29 bits per heavy atom. The number of esters is 1. The molecule has 0 amide bonds. The zero-order chi connectivity index (χ0) is 15.4. The van der Waals surface area contributed by atoms with Gasteiger partial charge in [-0.3, -0.25) is 0 Å². The molecule has 1 unspecified atom stereocenters. The summed E-state index contributed by atoms with van der Waals surface area (Å²) in [5, 5.41) is 3.10. The molecule has 0 spiro atoms. The summed E-state index contributed by atoms with van der Waals surface area (Å²) in [6.45, 7) is 5.65. The lowest BCUT2D eigenvalue weighted by atomic mass is 10.1. The fourth-order valence-electron chi connectivity index (χ4n) is 2.23. The first-order valence-electron chi connectivity index (χ1n) is 7.02. The largest absolute Gasteiger partial charge is 0.467 e. The van der Waals surface area contributed by atoms with Crippen LogP contribution in [-0.4, -0.2) is 47.2 Å². The topological polar surface area (TPSA) is 80.2 Å². The molecule has 0 bridgehead atoms. The van der Waals surface area contributed by atoms with Gasteiger partial charge in [-0.1, -0.05) is 13.8 Å². The standard InChI is InChI=1S/C13H20ClN5O2/c1-8(2)9(10(20)21-3)15-12-16-11(14)17-13(18-12)19-6-4-5-7-19/h8-9H,4-7H2,1-3H3,(H,15,16,17,18). The molecule has 0 aromatic carbocycles. The fraction of sp³-hybridized carbons (Fsp3) is 0.692. The van der Waals surface area contributed by atoms with E-state index in [0.29, 0.717) is 11.9 Å². The number of nitrogens with zero attached hydrogens (tertiary/aromatic N) is 4. The van der Waals surface area contributed by atoms with Crippen molar-refractivity contribution in [1.82, 2.24) is 15.0 Å². The molecule has 21 heavy (non-hydrogen) atoms. The Balaban J connectivity index is 2.20. The molecule has 1 aliphatic rings. The molecule has 2 rings (SSSR count). The van der Waals surface area contributed by atoms with Gasteiger partial charge in [-0.2, -0.15) is 15.0 Å². The summed E-state index contributed by atoms with van der Waals surface area (Å²) in [4.78, 5) is 26.4. The SMILES string of the molecule is COC(=O)C(Nc1nc(Cl)nc(N2CCCC2)n1)C(C)C. The molecule has 1 aromatic heterocycles. The van der Waals surface area contributed by atoms with Gasteiger partial charge in [0.15, 0.2) is 0 Å². The van der Waals surface area contributed by atoms with Crippen LogP contribution < -0.4 is 10.2 Å². The summed E-state index contributed by atoms with van der Waals surface area (Å²) in [7, 11) is 1.36. The fourth-order valence-corrected chi connectivity index (χ4v) is 2.38. The minimum Gasteiger partial charge on any atom is -0.467 e. The highest BCUT2D eigenvalue weighted by Crippen LogP contribution is 2.19. The lowest BCUT2D eigenvalue weighted by molar-refractivity contribution is -0.142. The minimum atomic E-state index is -0.528. The molecule has 8 heteroatoms. The predicted octanol–water partition coefficient (Wildman–Crippen LogP) is 1.73. The van der Waals surface area contributed by atoms with E-state index >= 15 is 0 Å². The molecule has 7 nitrogen and oxygen atoms in total. The lowest BCUT2D eigenvalue weighted by Gasteiger charge is -2.21. The highest BCUT2D eigenvalue weighted by atomic mass is 35.5. The molecule has 1 aromatic rings. The molecule has 1 aliphatic heterocycles. The second kappa shape index (κ2) is 6.89. The van der Waals surface area contributed by atoms with Crippen LogP contribution in [0.15, 0.2) is 0 Å². The van der Waals surface area contributed by atoms with Crippen molar-refractivity contribution in [3.8, 4) is 0 Å². The second-order valence-electron chi connectivity index (χ2n) is 5.31. The highest BCUT2D eigenvalue weighted by molar-refractivity contribution is 6.28. The summed E-state index contributed by atoms with van der Waals surface area (Å²) < 4.78 is 4.79. The molecule has 0 saturated carbocycles. The first-order chi connectivity index (χ1) is 10.0. The van der Waals surface area contributed by atoms with Gasteiger partial charge >= 0.3 is 5.97 Å². The van der Waals surface area contributed by atoms with Gasteiger partial charge in [0, 0.05) is 13.1 Å². The molecule has 2 heterocycles. The smallest absolute Gasteiger partial charge is 0.328 e. The van der Waals surface area contributed by atoms with Gasteiger partial charge in [0.05, 0.1) is 7.11 Å². The van der Waals surface area contributed by atoms with Gasteiger partial charge in [-0.05, 0) is 30.4 Å². The monoisotopic (exact) mass is 313 g/mol. The number of rotatable bonds is 5. The van der Waals surface area contributed by atoms with Gasteiger partial charge in [0.25, 0.3) is 0 Å². The highest BCUT2D eigenvalue weighted by Gasteiger charge is 2.25. The van der Waals surface area contributed by atoms with Crippen molar-refractivity contribution in [2.75, 3.05) is 30.4 Å². The quantitative estimate of drug-likeness (QED) is 0.829. The summed E-state index contributed by atoms with van der Waals surface area (Å²) >= 11 is 5.96. The van der Waals surface area contributed by atoms with E-state index in [1.807, 2.05) is 13.8 Å². The van der Waals surface area contributed by atoms with E-state index in [1.54, 1.807) is 0 Å². The third-order valence-corrected chi connectivity index (χ3v) is 3.56. The van der Waals surface area contributed by atoms with Crippen molar-refractivity contribution >= 4 is 29.5 Å². The molecular formula is C13H20ClN5O2. The van der Waals surface area contributed by atoms with Gasteiger partial charge in [0.1, 0.15) is 6.04 Å². The van der Waals surface area contributed by atoms with E-state index in [1.165, 1.54) is 7.11 Å². The number of hydrogen-bond acceptors (Lipinski definition) is 7. The van der Waals surface area contributed by atoms with Gasteiger partial charge in [-0.25, -0.2) is 4.79 Å². The number of carbonyl (C=O) groups is 1. The zero-order valence-corrected chi connectivity index (χ0v) is 13.2. The Bertz CT molecular complexity index is 505. The average molecular weight is 314 g/mol. The number of halogens is 1. The Morgan fingerprint density at radius 2 is 1.95 bits per heavy atom. The number of hydrogen-bond donors (Lipinski definition) is 1. The van der Waals surface area contributed by atoms with Crippen LogP contribution in [0.3, 0.4) is 0 Å². The van der Waals surface area contributed by atoms with Crippen molar-refractivity contribution in [3.05, 3.63) is 5.28 Å². The van der Waals surface area contributed by atoms with Crippen LogP contribution in [0.4, 0.5) is 11.9 Å². The molecule has 1 fully saturated rings. The maximum atomic E-state index is 11.8. The van der Waals surface area contributed by atoms with Crippen molar-refractivity contribution in [1.29, 1.82) is 0 Å². The Labute approximate surface area is 129 Å². The van der Waals surface area contributed by atoms with Gasteiger partial charge in [0.2, 0.25) is 17.2 Å². The maximum absolute atomic E-state index is 11.8. The lowest BCUT2D eigenvalue weighted by Crippen LogP contribution is -2.36. The first kappa shape index (κ1) is 15.8. The van der Waals surface area contributed by atoms with Crippen LogP contribution in [0.2, 0.25) is 5.28 Å². The van der Waals surface area contributed by atoms with Crippen molar-refractivity contribution in [2.45, 2.75) is 32.7 Å². The van der Waals surface area contributed by atoms with Gasteiger partial charge in [-0.15, -0.1) is 0 Å². The second-order valence-corrected chi connectivity index (χ2v) is 5.65. The summed E-state index contributed by atoms with van der Waals surface area (Å²) in [6, 6.07) is -0.528. The molecule has 0 aliphatic carbocycles. The van der Waals surface area contributed by atoms with Crippen LogP contribution >= 0.6 is 11.6 Å². The summed E-state index contributed by atoms with van der Waals surface area (Å²) in [5.74, 6) is 0.510. The van der Waals surface area contributed by atoms with E-state index in [4.69, 9.17) is 16.3 Å². The maximum Gasteiger partial charge on any atom is 0.328 e. The Kier molecular flexibility index (Phi) is 5.17. The van der Waals surface area contributed by atoms with E-state index in [0.717, 1.165) is 25.9 Å². The molecule has 0 radical (unpaired) electrons. The van der Waals surface area contributed by atoms with Crippen LogP contribution in [0.5, 0.6) is 0 Å². The number of aromatic nitrogens is 3. The van der Waals surface area contributed by atoms with E-state index in [-0.39, 0.29) is 17.2 Å². The third kappa shape index (κ3) is 3.93. The molecule has 1 saturated heterocycles. The number of anilines is 2. The minimum absolute atomic E-state index is 0.0308. The van der Waals surface area contributed by atoms with Crippen LogP contribution in [0.1, 0.15) is 26.7 Å². The van der Waals surface area contributed by atoms with Crippen molar-refractivity contribution < 1.29 is 9.53 Å². The van der Waals surface area contributed by atoms with E-state index < -0.39 is 6.04 Å². The molecule has 1 N–H and O–H groups in total.